The van der Waals surface area contributed by atoms with Crippen molar-refractivity contribution in [2.45, 2.75) is 17.7 Å². The molecule has 1 aromatic heterocycles. The molecule has 1 amide bonds. The molecular weight excluding hydrogens is 474 g/mol. The van der Waals surface area contributed by atoms with Crippen molar-refractivity contribution in [1.82, 2.24) is 14.3 Å². The molecule has 2 aliphatic heterocycles. The number of fused-ring (bicyclic) bond motifs is 1. The molecule has 34 heavy (non-hydrogen) atoms. The van der Waals surface area contributed by atoms with E-state index in [9.17, 15) is 13.2 Å². The van der Waals surface area contributed by atoms with E-state index in [0.717, 1.165) is 48.1 Å². The number of hydrazone groups is 1. The number of carbonyl (C=O) groups excluding carboxylic acids is 1. The number of piperazine rings is 1. The molecule has 0 spiro atoms. The highest BCUT2D eigenvalue weighted by atomic mass is 35.5. The van der Waals surface area contributed by atoms with Crippen LogP contribution in [0.3, 0.4) is 0 Å². The second-order valence-electron chi connectivity index (χ2n) is 8.37. The van der Waals surface area contributed by atoms with Crippen LogP contribution in [0.25, 0.3) is 10.8 Å². The van der Waals surface area contributed by atoms with Crippen molar-refractivity contribution in [2.75, 3.05) is 37.6 Å². The highest BCUT2D eigenvalue weighted by molar-refractivity contribution is 7.89. The predicted molar refractivity (Wildman–Crippen MR) is 133 cm³/mol. The Hall–Kier alpha value is -3.01. The molecule has 10 heteroatoms. The van der Waals surface area contributed by atoms with Gasteiger partial charge >= 0.3 is 0 Å². The number of halogens is 1. The molecule has 176 valence electrons. The van der Waals surface area contributed by atoms with E-state index in [1.54, 1.807) is 42.6 Å². The summed E-state index contributed by atoms with van der Waals surface area (Å²) < 4.78 is 27.6. The van der Waals surface area contributed by atoms with Gasteiger partial charge in [-0.25, -0.2) is 13.4 Å². The summed E-state index contributed by atoms with van der Waals surface area (Å²) in [4.78, 5) is 19.3. The fourth-order valence-electron chi connectivity index (χ4n) is 4.29. The number of amides is 1. The zero-order valence-electron chi connectivity index (χ0n) is 18.5. The molecule has 2 saturated heterocycles. The van der Waals surface area contributed by atoms with Gasteiger partial charge in [-0.05, 0) is 47.2 Å². The lowest BCUT2D eigenvalue weighted by Crippen LogP contribution is -2.50. The van der Waals surface area contributed by atoms with Gasteiger partial charge in [-0.3, -0.25) is 9.78 Å². The SMILES string of the molecule is O=C1CN(S(=O)(=O)c2ccc3cc(Cl)ccc3c2)CCN1N=C1CCN(c2cccnc2)CC1. The monoisotopic (exact) mass is 497 g/mol. The second-order valence-corrected chi connectivity index (χ2v) is 10.7. The summed E-state index contributed by atoms with van der Waals surface area (Å²) in [7, 11) is -3.80. The minimum atomic E-state index is -3.80. The number of anilines is 1. The molecular formula is C24H24ClN5O3S. The van der Waals surface area contributed by atoms with Gasteiger partial charge in [0.15, 0.2) is 0 Å². The first-order valence-corrected chi connectivity index (χ1v) is 12.9. The number of piperidine rings is 1. The van der Waals surface area contributed by atoms with Crippen molar-refractivity contribution < 1.29 is 13.2 Å². The van der Waals surface area contributed by atoms with Gasteiger partial charge in [0.2, 0.25) is 10.0 Å². The maximum atomic E-state index is 13.2. The Morgan fingerprint density at radius 1 is 0.941 bits per heavy atom. The maximum absolute atomic E-state index is 13.2. The van der Waals surface area contributed by atoms with Crippen LogP contribution in [0.1, 0.15) is 12.8 Å². The molecule has 0 N–H and O–H groups in total. The smallest absolute Gasteiger partial charge is 0.258 e. The first-order chi connectivity index (χ1) is 16.4. The number of benzene rings is 2. The van der Waals surface area contributed by atoms with Gasteiger partial charge in [0.1, 0.15) is 0 Å². The van der Waals surface area contributed by atoms with Gasteiger partial charge in [0, 0.05) is 49.4 Å². The number of pyridine rings is 1. The van der Waals surface area contributed by atoms with Crippen molar-refractivity contribution in [1.29, 1.82) is 0 Å². The highest BCUT2D eigenvalue weighted by Gasteiger charge is 2.33. The van der Waals surface area contributed by atoms with Gasteiger partial charge in [-0.15, -0.1) is 0 Å². The summed E-state index contributed by atoms with van der Waals surface area (Å²) >= 11 is 6.02. The summed E-state index contributed by atoms with van der Waals surface area (Å²) in [6.45, 7) is 1.82. The van der Waals surface area contributed by atoms with Crippen molar-refractivity contribution >= 4 is 49.7 Å². The van der Waals surface area contributed by atoms with Crippen LogP contribution in [0.5, 0.6) is 0 Å². The molecule has 0 atom stereocenters. The van der Waals surface area contributed by atoms with Crippen molar-refractivity contribution in [3.63, 3.8) is 0 Å². The Morgan fingerprint density at radius 2 is 1.71 bits per heavy atom. The van der Waals surface area contributed by atoms with E-state index in [1.165, 1.54) is 9.31 Å². The van der Waals surface area contributed by atoms with Crippen molar-refractivity contribution in [3.05, 3.63) is 65.9 Å². The molecule has 0 aliphatic carbocycles. The topological polar surface area (TPSA) is 86.2 Å². The third-order valence-corrected chi connectivity index (χ3v) is 8.26. The molecule has 3 heterocycles. The molecule has 5 rings (SSSR count). The number of sulfonamides is 1. The van der Waals surface area contributed by atoms with Crippen LogP contribution in [0.4, 0.5) is 5.69 Å². The zero-order chi connectivity index (χ0) is 23.7. The van der Waals surface area contributed by atoms with Gasteiger partial charge < -0.3 is 4.90 Å². The third kappa shape index (κ3) is 4.64. The van der Waals surface area contributed by atoms with Gasteiger partial charge in [-0.2, -0.15) is 9.41 Å². The minimum Gasteiger partial charge on any atom is -0.370 e. The standard InChI is InChI=1S/C24H24ClN5O3S/c25-20-5-3-19-15-23(6-4-18(19)14-20)34(32,33)29-12-13-30(24(31)17-29)27-21-7-10-28(11-8-21)22-2-1-9-26-16-22/h1-6,9,14-16H,7-8,10-13,17H2. The number of rotatable bonds is 4. The zero-order valence-corrected chi connectivity index (χ0v) is 20.0. The van der Waals surface area contributed by atoms with E-state index in [-0.39, 0.29) is 30.4 Å². The van der Waals surface area contributed by atoms with E-state index >= 15 is 0 Å². The Bertz CT molecular complexity index is 1350. The van der Waals surface area contributed by atoms with E-state index < -0.39 is 10.0 Å². The molecule has 3 aromatic rings. The molecule has 2 aromatic carbocycles. The number of nitrogens with zero attached hydrogens (tertiary/aromatic N) is 5. The first-order valence-electron chi connectivity index (χ1n) is 11.1. The lowest BCUT2D eigenvalue weighted by atomic mass is 10.1. The molecule has 0 bridgehead atoms. The predicted octanol–water partition coefficient (Wildman–Crippen LogP) is 3.38. The first kappa shape index (κ1) is 22.8. The Balaban J connectivity index is 1.24. The number of hydrogen-bond donors (Lipinski definition) is 0. The quantitative estimate of drug-likeness (QED) is 0.551. The van der Waals surface area contributed by atoms with Gasteiger partial charge in [-0.1, -0.05) is 23.7 Å². The van der Waals surface area contributed by atoms with Crippen LogP contribution < -0.4 is 4.90 Å². The molecule has 0 unspecified atom stereocenters. The van der Waals surface area contributed by atoms with Crippen LogP contribution in [0.2, 0.25) is 5.02 Å². The fourth-order valence-corrected chi connectivity index (χ4v) is 5.89. The largest absolute Gasteiger partial charge is 0.370 e. The molecule has 2 fully saturated rings. The van der Waals surface area contributed by atoms with Crippen molar-refractivity contribution in [2.24, 2.45) is 5.10 Å². The highest BCUT2D eigenvalue weighted by Crippen LogP contribution is 2.25. The number of aromatic nitrogens is 1. The lowest BCUT2D eigenvalue weighted by molar-refractivity contribution is -0.134. The maximum Gasteiger partial charge on any atom is 0.258 e. The fraction of sp³-hybridized carbons (Fsp3) is 0.292. The van der Waals surface area contributed by atoms with Gasteiger partial charge in [0.05, 0.1) is 29.9 Å². The van der Waals surface area contributed by atoms with Crippen LogP contribution in [-0.2, 0) is 14.8 Å². The Morgan fingerprint density at radius 3 is 2.44 bits per heavy atom. The molecule has 8 nitrogen and oxygen atoms in total. The van der Waals surface area contributed by atoms with Crippen LogP contribution >= 0.6 is 11.6 Å². The lowest BCUT2D eigenvalue weighted by Gasteiger charge is -2.33. The minimum absolute atomic E-state index is 0.164. The third-order valence-electron chi connectivity index (χ3n) is 6.19. The summed E-state index contributed by atoms with van der Waals surface area (Å²) in [5.74, 6) is -0.315. The van der Waals surface area contributed by atoms with E-state index in [1.807, 2.05) is 18.3 Å². The van der Waals surface area contributed by atoms with E-state index in [2.05, 4.69) is 15.0 Å². The normalized spacial score (nSPS) is 17.9. The van der Waals surface area contributed by atoms with Crippen LogP contribution in [-0.4, -0.2) is 67.1 Å². The average molecular weight is 498 g/mol. The van der Waals surface area contributed by atoms with Crippen molar-refractivity contribution in [3.8, 4) is 0 Å². The van der Waals surface area contributed by atoms with E-state index in [0.29, 0.717) is 5.02 Å². The second kappa shape index (κ2) is 9.32. The average Bonchev–Trinajstić information content (AvgIpc) is 2.86. The summed E-state index contributed by atoms with van der Waals surface area (Å²) in [6, 6.07) is 14.2. The number of hydrogen-bond acceptors (Lipinski definition) is 6. The Kier molecular flexibility index (Phi) is 6.24. The van der Waals surface area contributed by atoms with Crippen LogP contribution in [0.15, 0.2) is 70.9 Å². The molecule has 0 radical (unpaired) electrons. The van der Waals surface area contributed by atoms with Gasteiger partial charge in [0.25, 0.3) is 5.91 Å². The van der Waals surface area contributed by atoms with Crippen LogP contribution in [0, 0.1) is 0 Å². The summed E-state index contributed by atoms with van der Waals surface area (Å²) in [5, 5.41) is 8.21. The molecule has 0 saturated carbocycles. The summed E-state index contributed by atoms with van der Waals surface area (Å²) in [5.41, 5.74) is 2.03. The molecule has 2 aliphatic rings. The number of carbonyl (C=O) groups is 1. The van der Waals surface area contributed by atoms with E-state index in [4.69, 9.17) is 11.6 Å². The summed E-state index contributed by atoms with van der Waals surface area (Å²) in [6.07, 6.45) is 5.10. The Labute approximate surface area is 203 Å².